The molecule has 0 bridgehead atoms. The first-order valence-corrected chi connectivity index (χ1v) is 6.43. The molecule has 2 unspecified atom stereocenters. The summed E-state index contributed by atoms with van der Waals surface area (Å²) in [5.41, 5.74) is 4.99. The zero-order chi connectivity index (χ0) is 14.4. The lowest BCUT2D eigenvalue weighted by molar-refractivity contribution is -0.137. The lowest BCUT2D eigenvalue weighted by atomic mass is 9.98. The highest BCUT2D eigenvalue weighted by atomic mass is 16.4. The zero-order valence-corrected chi connectivity index (χ0v) is 11.1. The fourth-order valence-electron chi connectivity index (χ4n) is 2.41. The summed E-state index contributed by atoms with van der Waals surface area (Å²) < 4.78 is 0. The molecule has 19 heavy (non-hydrogen) atoms. The van der Waals surface area contributed by atoms with E-state index in [0.717, 1.165) is 24.2 Å². The summed E-state index contributed by atoms with van der Waals surface area (Å²) in [6.45, 7) is 1.73. The van der Waals surface area contributed by atoms with Crippen molar-refractivity contribution in [1.82, 2.24) is 10.2 Å². The van der Waals surface area contributed by atoms with Crippen molar-refractivity contribution in [2.75, 3.05) is 19.6 Å². The molecule has 7 nitrogen and oxygen atoms in total. The molecular weight excluding hydrogens is 250 g/mol. The lowest BCUT2D eigenvalue weighted by Crippen LogP contribution is -2.47. The number of carboxylic acids is 1. The molecule has 0 saturated heterocycles. The van der Waals surface area contributed by atoms with Gasteiger partial charge in [-0.25, -0.2) is 4.79 Å². The monoisotopic (exact) mass is 271 g/mol. The van der Waals surface area contributed by atoms with Gasteiger partial charge in [0.1, 0.15) is 13.1 Å². The Bertz CT molecular complexity index is 343. The van der Waals surface area contributed by atoms with E-state index in [1.807, 2.05) is 0 Å². The summed E-state index contributed by atoms with van der Waals surface area (Å²) in [5.74, 6) is -0.926. The minimum Gasteiger partial charge on any atom is -0.480 e. The SMILES string of the molecule is CC1CCCC1CNC(=O)N(CC(N)=O)CC(=O)O. The number of rotatable bonds is 6. The number of carbonyl (C=O) groups excluding carboxylic acids is 2. The number of urea groups is 1. The zero-order valence-electron chi connectivity index (χ0n) is 11.1. The second-order valence-corrected chi connectivity index (χ2v) is 5.07. The molecule has 1 rings (SSSR count). The van der Waals surface area contributed by atoms with Crippen LogP contribution in [-0.2, 0) is 9.59 Å². The van der Waals surface area contributed by atoms with E-state index < -0.39 is 31.0 Å². The topological polar surface area (TPSA) is 113 Å². The highest BCUT2D eigenvalue weighted by molar-refractivity contribution is 5.85. The largest absolute Gasteiger partial charge is 0.480 e. The van der Waals surface area contributed by atoms with Crippen molar-refractivity contribution in [3.63, 3.8) is 0 Å². The van der Waals surface area contributed by atoms with E-state index in [1.54, 1.807) is 0 Å². The number of carboxylic acid groups (broad SMARTS) is 1. The van der Waals surface area contributed by atoms with Gasteiger partial charge < -0.3 is 21.1 Å². The first kappa shape index (κ1) is 15.3. The van der Waals surface area contributed by atoms with Crippen molar-refractivity contribution < 1.29 is 19.5 Å². The molecule has 1 aliphatic carbocycles. The Morgan fingerprint density at radius 1 is 1.32 bits per heavy atom. The number of aliphatic carboxylic acids is 1. The Morgan fingerprint density at radius 2 is 2.00 bits per heavy atom. The number of amides is 3. The Morgan fingerprint density at radius 3 is 2.47 bits per heavy atom. The van der Waals surface area contributed by atoms with Crippen LogP contribution in [0.25, 0.3) is 0 Å². The normalized spacial score (nSPS) is 21.9. The quantitative estimate of drug-likeness (QED) is 0.631. The van der Waals surface area contributed by atoms with E-state index in [9.17, 15) is 14.4 Å². The molecule has 4 N–H and O–H groups in total. The van der Waals surface area contributed by atoms with Crippen LogP contribution in [-0.4, -0.2) is 47.5 Å². The van der Waals surface area contributed by atoms with Gasteiger partial charge in [-0.15, -0.1) is 0 Å². The molecule has 1 saturated carbocycles. The fourth-order valence-corrected chi connectivity index (χ4v) is 2.41. The smallest absolute Gasteiger partial charge is 0.323 e. The maximum atomic E-state index is 11.8. The van der Waals surface area contributed by atoms with Crippen molar-refractivity contribution in [3.05, 3.63) is 0 Å². The number of hydrogen-bond acceptors (Lipinski definition) is 3. The molecule has 2 atom stereocenters. The van der Waals surface area contributed by atoms with Gasteiger partial charge >= 0.3 is 12.0 Å². The molecule has 0 aromatic heterocycles. The number of primary amides is 1. The minimum absolute atomic E-state index is 0.391. The molecule has 3 amide bonds. The second kappa shape index (κ2) is 6.96. The Labute approximate surface area is 112 Å². The lowest BCUT2D eigenvalue weighted by Gasteiger charge is -2.22. The average molecular weight is 271 g/mol. The van der Waals surface area contributed by atoms with Crippen LogP contribution in [0, 0.1) is 11.8 Å². The van der Waals surface area contributed by atoms with Gasteiger partial charge in [0.25, 0.3) is 0 Å². The Kier molecular flexibility index (Phi) is 5.59. The Hall–Kier alpha value is -1.79. The first-order valence-electron chi connectivity index (χ1n) is 6.43. The van der Waals surface area contributed by atoms with Gasteiger partial charge in [0, 0.05) is 6.54 Å². The van der Waals surface area contributed by atoms with E-state index in [4.69, 9.17) is 10.8 Å². The minimum atomic E-state index is -1.18. The summed E-state index contributed by atoms with van der Waals surface area (Å²) in [5, 5.41) is 11.4. The van der Waals surface area contributed by atoms with Crippen molar-refractivity contribution in [2.24, 2.45) is 17.6 Å². The van der Waals surface area contributed by atoms with E-state index in [1.165, 1.54) is 0 Å². The van der Waals surface area contributed by atoms with Crippen LogP contribution in [0.3, 0.4) is 0 Å². The number of nitrogens with zero attached hydrogens (tertiary/aromatic N) is 1. The summed E-state index contributed by atoms with van der Waals surface area (Å²) in [6, 6.07) is -0.555. The van der Waals surface area contributed by atoms with Gasteiger partial charge in [-0.1, -0.05) is 19.8 Å². The standard InChI is InChI=1S/C12H21N3O4/c1-8-3-2-4-9(8)5-14-12(19)15(6-10(13)16)7-11(17)18/h8-9H,2-7H2,1H3,(H2,13,16)(H,14,19)(H,17,18). The highest BCUT2D eigenvalue weighted by Crippen LogP contribution is 2.30. The number of carbonyl (C=O) groups is 3. The molecule has 0 aromatic rings. The van der Waals surface area contributed by atoms with Crippen molar-refractivity contribution in [1.29, 1.82) is 0 Å². The van der Waals surface area contributed by atoms with Gasteiger partial charge in [0.15, 0.2) is 0 Å². The predicted octanol–water partition coefficient (Wildman–Crippen LogP) is 0.00410. The summed E-state index contributed by atoms with van der Waals surface area (Å²) >= 11 is 0. The third-order valence-electron chi connectivity index (χ3n) is 3.51. The molecule has 0 radical (unpaired) electrons. The number of nitrogens with one attached hydrogen (secondary N) is 1. The number of nitrogens with two attached hydrogens (primary N) is 1. The van der Waals surface area contributed by atoms with E-state index in [2.05, 4.69) is 12.2 Å². The maximum absolute atomic E-state index is 11.8. The van der Waals surface area contributed by atoms with Gasteiger partial charge in [-0.2, -0.15) is 0 Å². The summed E-state index contributed by atoms with van der Waals surface area (Å²) in [6.07, 6.45) is 3.37. The molecule has 0 aromatic carbocycles. The number of hydrogen-bond donors (Lipinski definition) is 3. The average Bonchev–Trinajstić information content (AvgIpc) is 2.69. The van der Waals surface area contributed by atoms with Gasteiger partial charge in [0.05, 0.1) is 0 Å². The van der Waals surface area contributed by atoms with Gasteiger partial charge in [-0.05, 0) is 18.3 Å². The van der Waals surface area contributed by atoms with Crippen LogP contribution in [0.4, 0.5) is 4.79 Å². The van der Waals surface area contributed by atoms with Crippen molar-refractivity contribution in [2.45, 2.75) is 26.2 Å². The van der Waals surface area contributed by atoms with Crippen LogP contribution >= 0.6 is 0 Å². The second-order valence-electron chi connectivity index (χ2n) is 5.07. The molecule has 0 heterocycles. The summed E-state index contributed by atoms with van der Waals surface area (Å²) in [7, 11) is 0. The van der Waals surface area contributed by atoms with Crippen LogP contribution in [0.2, 0.25) is 0 Å². The third-order valence-corrected chi connectivity index (χ3v) is 3.51. The van der Waals surface area contributed by atoms with Gasteiger partial charge in [0.2, 0.25) is 5.91 Å². The van der Waals surface area contributed by atoms with Crippen LogP contribution in [0.15, 0.2) is 0 Å². The van der Waals surface area contributed by atoms with Crippen molar-refractivity contribution >= 4 is 17.9 Å². The Balaban J connectivity index is 2.46. The van der Waals surface area contributed by atoms with E-state index in [0.29, 0.717) is 18.4 Å². The molecule has 0 spiro atoms. The highest BCUT2D eigenvalue weighted by Gasteiger charge is 2.25. The third kappa shape index (κ3) is 5.15. The summed E-state index contributed by atoms with van der Waals surface area (Å²) in [4.78, 5) is 34.2. The molecule has 7 heteroatoms. The fraction of sp³-hybridized carbons (Fsp3) is 0.750. The molecule has 108 valence electrons. The van der Waals surface area contributed by atoms with Crippen LogP contribution < -0.4 is 11.1 Å². The van der Waals surface area contributed by atoms with E-state index >= 15 is 0 Å². The van der Waals surface area contributed by atoms with Crippen LogP contribution in [0.5, 0.6) is 0 Å². The molecule has 0 aliphatic heterocycles. The van der Waals surface area contributed by atoms with Crippen LogP contribution in [0.1, 0.15) is 26.2 Å². The molecule has 1 aliphatic rings. The van der Waals surface area contributed by atoms with E-state index in [-0.39, 0.29) is 0 Å². The van der Waals surface area contributed by atoms with Gasteiger partial charge in [-0.3, -0.25) is 9.59 Å². The first-order chi connectivity index (χ1) is 8.90. The predicted molar refractivity (Wildman–Crippen MR) is 68.3 cm³/mol. The molecular formula is C12H21N3O4. The maximum Gasteiger partial charge on any atom is 0.323 e. The molecule has 1 fully saturated rings. The van der Waals surface area contributed by atoms with Crippen molar-refractivity contribution in [3.8, 4) is 0 Å².